The minimum Gasteiger partial charge on any atom is -0.342 e. The van der Waals surface area contributed by atoms with Crippen LogP contribution < -0.4 is 5.32 Å². The summed E-state index contributed by atoms with van der Waals surface area (Å²) < 4.78 is 14.8. The van der Waals surface area contributed by atoms with Gasteiger partial charge in [-0.05, 0) is 45.0 Å². The zero-order valence-corrected chi connectivity index (χ0v) is 18.5. The first-order valence-electron chi connectivity index (χ1n) is 10.7. The predicted molar refractivity (Wildman–Crippen MR) is 118 cm³/mol. The van der Waals surface area contributed by atoms with Gasteiger partial charge in [-0.3, -0.25) is 19.4 Å². The van der Waals surface area contributed by atoms with Crippen molar-refractivity contribution in [3.05, 3.63) is 41.8 Å². The van der Waals surface area contributed by atoms with Crippen molar-refractivity contribution in [1.82, 2.24) is 24.5 Å². The Labute approximate surface area is 182 Å². The van der Waals surface area contributed by atoms with E-state index in [4.69, 9.17) is 0 Å². The molecule has 0 radical (unpaired) electrons. The van der Waals surface area contributed by atoms with Gasteiger partial charge in [-0.25, -0.2) is 9.07 Å². The molecule has 0 saturated carbocycles. The molecular formula is C22H31FN6O2. The molecule has 2 amide bonds. The Morgan fingerprint density at radius 3 is 2.19 bits per heavy atom. The highest BCUT2D eigenvalue weighted by Crippen LogP contribution is 2.17. The smallest absolute Gasteiger partial charge is 0.239 e. The second-order valence-corrected chi connectivity index (χ2v) is 7.73. The number of halogens is 1. The first kappa shape index (κ1) is 22.9. The average Bonchev–Trinajstić information content (AvgIpc) is 3.10. The summed E-state index contributed by atoms with van der Waals surface area (Å²) in [6, 6.07) is 7.76. The van der Waals surface area contributed by atoms with E-state index >= 15 is 0 Å². The minimum absolute atomic E-state index is 0.129. The fourth-order valence-corrected chi connectivity index (χ4v) is 3.73. The zero-order chi connectivity index (χ0) is 22.4. The van der Waals surface area contributed by atoms with Crippen LogP contribution >= 0.6 is 0 Å². The van der Waals surface area contributed by atoms with Crippen LogP contribution in [0.1, 0.15) is 19.5 Å². The van der Waals surface area contributed by atoms with Crippen molar-refractivity contribution < 1.29 is 14.0 Å². The summed E-state index contributed by atoms with van der Waals surface area (Å²) in [7, 11) is 0. The number of anilines is 1. The van der Waals surface area contributed by atoms with Gasteiger partial charge in [0, 0.05) is 45.3 Å². The van der Waals surface area contributed by atoms with Crippen LogP contribution in [0.25, 0.3) is 5.69 Å². The van der Waals surface area contributed by atoms with Crippen LogP contribution in [0, 0.1) is 12.7 Å². The molecule has 168 valence electrons. The van der Waals surface area contributed by atoms with Crippen LogP contribution in [0.3, 0.4) is 0 Å². The Bertz CT molecular complexity index is 886. The predicted octanol–water partition coefficient (Wildman–Crippen LogP) is 1.74. The normalized spacial score (nSPS) is 15.1. The molecule has 31 heavy (non-hydrogen) atoms. The van der Waals surface area contributed by atoms with Gasteiger partial charge in [-0.1, -0.05) is 0 Å². The quantitative estimate of drug-likeness (QED) is 0.691. The van der Waals surface area contributed by atoms with Gasteiger partial charge in [-0.15, -0.1) is 0 Å². The maximum absolute atomic E-state index is 13.2. The highest BCUT2D eigenvalue weighted by molar-refractivity contribution is 5.91. The molecule has 1 fully saturated rings. The van der Waals surface area contributed by atoms with Gasteiger partial charge in [-0.2, -0.15) is 5.10 Å². The molecule has 1 aromatic carbocycles. The van der Waals surface area contributed by atoms with E-state index in [2.05, 4.69) is 20.2 Å². The number of rotatable bonds is 8. The van der Waals surface area contributed by atoms with Crippen LogP contribution in [-0.4, -0.2) is 88.7 Å². The first-order valence-corrected chi connectivity index (χ1v) is 10.7. The second kappa shape index (κ2) is 10.5. The number of likely N-dealkylation sites (N-methyl/N-ethyl adjacent to an activating group) is 1. The summed E-state index contributed by atoms with van der Waals surface area (Å²) in [6.07, 6.45) is 0. The molecule has 9 heteroatoms. The van der Waals surface area contributed by atoms with Crippen LogP contribution in [0.4, 0.5) is 10.2 Å². The average molecular weight is 431 g/mol. The lowest BCUT2D eigenvalue weighted by Gasteiger charge is -2.34. The Hall–Kier alpha value is -2.78. The summed E-state index contributed by atoms with van der Waals surface area (Å²) >= 11 is 0. The third-order valence-electron chi connectivity index (χ3n) is 5.48. The second-order valence-electron chi connectivity index (χ2n) is 7.73. The minimum atomic E-state index is -0.323. The van der Waals surface area contributed by atoms with Crippen molar-refractivity contribution in [1.29, 1.82) is 0 Å². The number of aryl methyl sites for hydroxylation is 1. The van der Waals surface area contributed by atoms with Crippen molar-refractivity contribution in [2.75, 3.05) is 57.7 Å². The van der Waals surface area contributed by atoms with Crippen molar-refractivity contribution in [3.63, 3.8) is 0 Å². The van der Waals surface area contributed by atoms with Crippen molar-refractivity contribution in [2.45, 2.75) is 20.8 Å². The number of benzene rings is 1. The lowest BCUT2D eigenvalue weighted by molar-refractivity contribution is -0.132. The summed E-state index contributed by atoms with van der Waals surface area (Å²) in [5.74, 6) is 0.255. The third kappa shape index (κ3) is 6.11. The number of hydrogen-bond donors (Lipinski definition) is 1. The first-order chi connectivity index (χ1) is 14.9. The Morgan fingerprint density at radius 2 is 1.61 bits per heavy atom. The van der Waals surface area contributed by atoms with Gasteiger partial charge in [0.1, 0.15) is 11.6 Å². The molecule has 2 aromatic rings. The SMILES string of the molecule is CCN(CC)C(=O)CN1CCN(CC(=O)Nc2cc(C)nn2-c2ccc(F)cc2)CC1. The van der Waals surface area contributed by atoms with Gasteiger partial charge in [0.25, 0.3) is 0 Å². The Kier molecular flexibility index (Phi) is 7.75. The highest BCUT2D eigenvalue weighted by Gasteiger charge is 2.22. The molecule has 1 N–H and O–H groups in total. The number of nitrogens with one attached hydrogen (secondary N) is 1. The molecule has 3 rings (SSSR count). The molecule has 0 unspecified atom stereocenters. The number of piperazine rings is 1. The summed E-state index contributed by atoms with van der Waals surface area (Å²) in [5, 5.41) is 7.32. The molecule has 0 bridgehead atoms. The number of carbonyl (C=O) groups is 2. The van der Waals surface area contributed by atoms with Crippen molar-refractivity contribution in [3.8, 4) is 5.69 Å². The zero-order valence-electron chi connectivity index (χ0n) is 18.5. The number of nitrogens with zero attached hydrogens (tertiary/aromatic N) is 5. The maximum atomic E-state index is 13.2. The third-order valence-corrected chi connectivity index (χ3v) is 5.48. The highest BCUT2D eigenvalue weighted by atomic mass is 19.1. The van der Waals surface area contributed by atoms with Crippen LogP contribution in [0.2, 0.25) is 0 Å². The molecule has 0 aliphatic carbocycles. The summed E-state index contributed by atoms with van der Waals surface area (Å²) in [6.45, 7) is 10.9. The standard InChI is InChI=1S/C22H31FN6O2/c1-4-28(5-2)22(31)16-27-12-10-26(11-13-27)15-21(30)24-20-14-17(3)25-29(20)19-8-6-18(23)7-9-19/h6-9,14H,4-5,10-13,15-16H2,1-3H3,(H,24,30). The molecule has 8 nitrogen and oxygen atoms in total. The number of carbonyl (C=O) groups excluding carboxylic acids is 2. The molecule has 0 atom stereocenters. The van der Waals surface area contributed by atoms with E-state index in [1.165, 1.54) is 12.1 Å². The van der Waals surface area contributed by atoms with Gasteiger partial charge in [0.05, 0.1) is 24.5 Å². The van der Waals surface area contributed by atoms with E-state index in [-0.39, 0.29) is 24.2 Å². The van der Waals surface area contributed by atoms with E-state index < -0.39 is 0 Å². The monoisotopic (exact) mass is 430 g/mol. The summed E-state index contributed by atoms with van der Waals surface area (Å²) in [4.78, 5) is 31.0. The number of aromatic nitrogens is 2. The molecular weight excluding hydrogens is 399 g/mol. The van der Waals surface area contributed by atoms with Gasteiger partial charge < -0.3 is 10.2 Å². The van der Waals surface area contributed by atoms with Crippen molar-refractivity contribution in [2.24, 2.45) is 0 Å². The molecule has 0 spiro atoms. The van der Waals surface area contributed by atoms with Gasteiger partial charge >= 0.3 is 0 Å². The van der Waals surface area contributed by atoms with Gasteiger partial charge in [0.15, 0.2) is 0 Å². The number of hydrogen-bond acceptors (Lipinski definition) is 5. The Morgan fingerprint density at radius 1 is 1.03 bits per heavy atom. The van der Waals surface area contributed by atoms with Crippen LogP contribution in [0.5, 0.6) is 0 Å². The molecule has 1 aliphatic heterocycles. The van der Waals surface area contributed by atoms with Crippen LogP contribution in [-0.2, 0) is 9.59 Å². The lowest BCUT2D eigenvalue weighted by Crippen LogP contribution is -2.51. The molecule has 1 aliphatic rings. The fourth-order valence-electron chi connectivity index (χ4n) is 3.73. The van der Waals surface area contributed by atoms with Gasteiger partial charge in [0.2, 0.25) is 11.8 Å². The summed E-state index contributed by atoms with van der Waals surface area (Å²) in [5.41, 5.74) is 1.43. The van der Waals surface area contributed by atoms with E-state index in [1.54, 1.807) is 22.9 Å². The van der Waals surface area contributed by atoms with E-state index in [9.17, 15) is 14.0 Å². The topological polar surface area (TPSA) is 73.7 Å². The van der Waals surface area contributed by atoms with Crippen molar-refractivity contribution >= 4 is 17.6 Å². The maximum Gasteiger partial charge on any atom is 0.239 e. The van der Waals surface area contributed by atoms with E-state index in [0.717, 1.165) is 45.0 Å². The Balaban J connectivity index is 1.51. The van der Waals surface area contributed by atoms with E-state index in [1.807, 2.05) is 25.7 Å². The van der Waals surface area contributed by atoms with E-state index in [0.29, 0.717) is 18.1 Å². The molecule has 1 saturated heterocycles. The molecule has 1 aromatic heterocycles. The lowest BCUT2D eigenvalue weighted by atomic mass is 10.3. The van der Waals surface area contributed by atoms with Crippen LogP contribution in [0.15, 0.2) is 30.3 Å². The fraction of sp³-hybridized carbons (Fsp3) is 0.500. The molecule has 2 heterocycles. The largest absolute Gasteiger partial charge is 0.342 e. The number of amides is 2.